The summed E-state index contributed by atoms with van der Waals surface area (Å²) >= 11 is 3.55. The Balaban J connectivity index is 0. The van der Waals surface area contributed by atoms with Crippen molar-refractivity contribution in [3.05, 3.63) is 0 Å². The molecule has 0 rings (SSSR count). The molecule has 3 N–H and O–H groups in total. The Morgan fingerprint density at radius 2 is 1.73 bits per heavy atom. The van der Waals surface area contributed by atoms with Gasteiger partial charge in [0.1, 0.15) is 0 Å². The molecule has 0 fully saturated rings. The van der Waals surface area contributed by atoms with Gasteiger partial charge in [-0.05, 0) is 18.8 Å². The van der Waals surface area contributed by atoms with Crippen LogP contribution in [-0.2, 0) is 0 Å². The molecule has 0 radical (unpaired) electrons. The quantitative estimate of drug-likeness (QED) is 0.676. The molecule has 1 atom stereocenters. The van der Waals surface area contributed by atoms with Crippen molar-refractivity contribution in [2.24, 2.45) is 5.92 Å². The highest BCUT2D eigenvalue weighted by molar-refractivity contribution is 9.09. The number of unbranched alkanes of at least 4 members (excludes halogenated alkanes) is 1. The second kappa shape index (κ2) is 10.4. The van der Waals surface area contributed by atoms with Crippen LogP contribution in [0.25, 0.3) is 0 Å². The Bertz CT molecular complexity index is 66.6. The summed E-state index contributed by atoms with van der Waals surface area (Å²) in [6.07, 6.45) is 6.88. The van der Waals surface area contributed by atoms with Crippen LogP contribution in [0.3, 0.4) is 0 Å². The first-order valence-electron chi connectivity index (χ1n) is 4.41. The van der Waals surface area contributed by atoms with E-state index in [4.69, 9.17) is 0 Å². The van der Waals surface area contributed by atoms with E-state index in [-0.39, 0.29) is 6.15 Å². The van der Waals surface area contributed by atoms with E-state index in [0.29, 0.717) is 0 Å². The van der Waals surface area contributed by atoms with Crippen LogP contribution >= 0.6 is 15.9 Å². The lowest BCUT2D eigenvalue weighted by atomic mass is 10.00. The van der Waals surface area contributed by atoms with Crippen molar-refractivity contribution in [3.63, 3.8) is 0 Å². The third-order valence-electron chi connectivity index (χ3n) is 1.88. The van der Waals surface area contributed by atoms with Crippen LogP contribution in [0.1, 0.15) is 46.0 Å². The molecule has 2 heteroatoms. The van der Waals surface area contributed by atoms with Gasteiger partial charge in [-0.1, -0.05) is 49.0 Å². The van der Waals surface area contributed by atoms with Crippen LogP contribution in [0.5, 0.6) is 0 Å². The van der Waals surface area contributed by atoms with Crippen molar-refractivity contribution in [1.29, 1.82) is 0 Å². The third-order valence-corrected chi connectivity index (χ3v) is 2.80. The van der Waals surface area contributed by atoms with Gasteiger partial charge in [0.05, 0.1) is 0 Å². The van der Waals surface area contributed by atoms with Crippen LogP contribution < -0.4 is 6.15 Å². The van der Waals surface area contributed by atoms with E-state index in [2.05, 4.69) is 29.8 Å². The molecule has 0 aliphatic heterocycles. The first kappa shape index (κ1) is 14.0. The Morgan fingerprint density at radius 1 is 1.09 bits per heavy atom. The number of halogens is 1. The van der Waals surface area contributed by atoms with E-state index < -0.39 is 0 Å². The standard InChI is InChI=1S/C9H19Br.H3N/c1-3-5-7-9(8-10)6-4-2;/h9H,3-8H2,1-2H3;1H3. The normalized spacial score (nSPS) is 12.3. The van der Waals surface area contributed by atoms with Crippen LogP contribution in [0, 0.1) is 5.92 Å². The summed E-state index contributed by atoms with van der Waals surface area (Å²) in [7, 11) is 0. The minimum atomic E-state index is 0. The number of hydrogen-bond donors (Lipinski definition) is 1. The second-order valence-corrected chi connectivity index (χ2v) is 3.60. The average Bonchev–Trinajstić information content (AvgIpc) is 1.98. The summed E-state index contributed by atoms with van der Waals surface area (Å²) in [5.74, 6) is 0.935. The lowest BCUT2D eigenvalue weighted by Crippen LogP contribution is -2.00. The Hall–Kier alpha value is 0.440. The van der Waals surface area contributed by atoms with Crippen molar-refractivity contribution in [2.45, 2.75) is 46.0 Å². The first-order chi connectivity index (χ1) is 4.85. The predicted molar refractivity (Wildman–Crippen MR) is 56.7 cm³/mol. The molecule has 0 saturated heterocycles. The van der Waals surface area contributed by atoms with E-state index in [0.717, 1.165) is 5.92 Å². The lowest BCUT2D eigenvalue weighted by molar-refractivity contribution is 0.476. The van der Waals surface area contributed by atoms with Crippen LogP contribution in [0.15, 0.2) is 0 Å². The second-order valence-electron chi connectivity index (χ2n) is 2.95. The smallest absolute Gasteiger partial charge is 0.00596 e. The molecule has 0 aliphatic carbocycles. The monoisotopic (exact) mass is 223 g/mol. The zero-order valence-electron chi connectivity index (χ0n) is 7.91. The summed E-state index contributed by atoms with van der Waals surface area (Å²) in [5.41, 5.74) is 0. The molecule has 0 saturated carbocycles. The SMILES string of the molecule is CCCCC(CBr)CCC.N. The molecule has 0 aromatic heterocycles. The first-order valence-corrected chi connectivity index (χ1v) is 5.53. The lowest BCUT2D eigenvalue weighted by Gasteiger charge is -2.10. The molecule has 70 valence electrons. The highest BCUT2D eigenvalue weighted by Gasteiger charge is 2.03. The predicted octanol–water partition coefficient (Wildman–Crippen LogP) is 4.15. The summed E-state index contributed by atoms with van der Waals surface area (Å²) < 4.78 is 0. The molecule has 0 spiro atoms. The average molecular weight is 224 g/mol. The number of hydrogen-bond acceptors (Lipinski definition) is 1. The number of alkyl halides is 1. The van der Waals surface area contributed by atoms with Crippen LogP contribution in [0.2, 0.25) is 0 Å². The van der Waals surface area contributed by atoms with E-state index in [9.17, 15) is 0 Å². The summed E-state index contributed by atoms with van der Waals surface area (Å²) in [6, 6.07) is 0. The van der Waals surface area contributed by atoms with E-state index in [1.807, 2.05) is 0 Å². The molecular weight excluding hydrogens is 202 g/mol. The Labute approximate surface area is 79.7 Å². The molecule has 0 aromatic rings. The maximum absolute atomic E-state index is 3.55. The van der Waals surface area contributed by atoms with Gasteiger partial charge in [0.15, 0.2) is 0 Å². The van der Waals surface area contributed by atoms with Gasteiger partial charge in [0.2, 0.25) is 0 Å². The van der Waals surface area contributed by atoms with Gasteiger partial charge in [0.25, 0.3) is 0 Å². The summed E-state index contributed by atoms with van der Waals surface area (Å²) in [5, 5.41) is 1.20. The molecule has 0 bridgehead atoms. The fourth-order valence-corrected chi connectivity index (χ4v) is 1.85. The Kier molecular flexibility index (Phi) is 13.3. The van der Waals surface area contributed by atoms with Crippen molar-refractivity contribution in [1.82, 2.24) is 6.15 Å². The number of rotatable bonds is 6. The zero-order chi connectivity index (χ0) is 7.82. The molecule has 0 amide bonds. The summed E-state index contributed by atoms with van der Waals surface area (Å²) in [4.78, 5) is 0. The minimum absolute atomic E-state index is 0. The summed E-state index contributed by atoms with van der Waals surface area (Å²) in [6.45, 7) is 4.53. The van der Waals surface area contributed by atoms with E-state index in [1.54, 1.807) is 0 Å². The zero-order valence-corrected chi connectivity index (χ0v) is 9.49. The van der Waals surface area contributed by atoms with Crippen LogP contribution in [0.4, 0.5) is 0 Å². The molecular formula is C9H22BrN. The van der Waals surface area contributed by atoms with Crippen molar-refractivity contribution in [2.75, 3.05) is 5.33 Å². The highest BCUT2D eigenvalue weighted by atomic mass is 79.9. The molecule has 0 aliphatic rings. The van der Waals surface area contributed by atoms with Gasteiger partial charge in [-0.15, -0.1) is 0 Å². The maximum atomic E-state index is 3.55. The van der Waals surface area contributed by atoms with Crippen LogP contribution in [-0.4, -0.2) is 5.33 Å². The van der Waals surface area contributed by atoms with Gasteiger partial charge in [-0.2, -0.15) is 0 Å². The van der Waals surface area contributed by atoms with Gasteiger partial charge >= 0.3 is 0 Å². The van der Waals surface area contributed by atoms with Gasteiger partial charge in [-0.25, -0.2) is 0 Å². The molecule has 1 nitrogen and oxygen atoms in total. The van der Waals surface area contributed by atoms with Gasteiger partial charge < -0.3 is 6.15 Å². The molecule has 11 heavy (non-hydrogen) atoms. The fourth-order valence-electron chi connectivity index (χ4n) is 1.20. The molecule has 1 unspecified atom stereocenters. The van der Waals surface area contributed by atoms with E-state index >= 15 is 0 Å². The van der Waals surface area contributed by atoms with Crippen molar-refractivity contribution >= 4 is 15.9 Å². The molecule has 0 aromatic carbocycles. The highest BCUT2D eigenvalue weighted by Crippen LogP contribution is 2.16. The van der Waals surface area contributed by atoms with Crippen molar-refractivity contribution < 1.29 is 0 Å². The van der Waals surface area contributed by atoms with Gasteiger partial charge in [0, 0.05) is 5.33 Å². The minimum Gasteiger partial charge on any atom is -0.344 e. The van der Waals surface area contributed by atoms with Gasteiger partial charge in [-0.3, -0.25) is 0 Å². The van der Waals surface area contributed by atoms with Crippen molar-refractivity contribution in [3.8, 4) is 0 Å². The fraction of sp³-hybridized carbons (Fsp3) is 1.00. The largest absolute Gasteiger partial charge is 0.344 e. The third kappa shape index (κ3) is 8.35. The molecule has 0 heterocycles. The topological polar surface area (TPSA) is 35.0 Å². The van der Waals surface area contributed by atoms with E-state index in [1.165, 1.54) is 37.4 Å². The Morgan fingerprint density at radius 3 is 2.09 bits per heavy atom. The maximum Gasteiger partial charge on any atom is 0.00596 e.